The third kappa shape index (κ3) is 5.02. The van der Waals surface area contributed by atoms with E-state index in [1.807, 2.05) is 6.92 Å². The van der Waals surface area contributed by atoms with E-state index in [1.165, 1.54) is 0 Å². The molecule has 0 aromatic carbocycles. The lowest BCUT2D eigenvalue weighted by atomic mass is 10.0. The number of aliphatic imine (C=N–C) groups is 1. The quantitative estimate of drug-likeness (QED) is 0.822. The summed E-state index contributed by atoms with van der Waals surface area (Å²) in [6, 6.07) is 0. The van der Waals surface area contributed by atoms with E-state index in [1.54, 1.807) is 11.8 Å². The monoisotopic (exact) mass is 248 g/mol. The predicted octanol–water partition coefficient (Wildman–Crippen LogP) is 1.62. The molecule has 88 valence electrons. The van der Waals surface area contributed by atoms with Crippen LogP contribution in [0, 0.1) is 0 Å². The average Bonchev–Trinajstić information content (AvgIpc) is 2.16. The molecule has 1 atom stereocenters. The molecule has 1 saturated heterocycles. The Hall–Kier alpha value is -0.0300. The van der Waals surface area contributed by atoms with E-state index in [2.05, 4.69) is 24.2 Å². The van der Waals surface area contributed by atoms with Gasteiger partial charge >= 0.3 is 0 Å². The second kappa shape index (κ2) is 5.89. The minimum absolute atomic E-state index is 0.161. The van der Waals surface area contributed by atoms with E-state index >= 15 is 0 Å². The van der Waals surface area contributed by atoms with E-state index in [9.17, 15) is 4.21 Å². The first-order chi connectivity index (χ1) is 7.03. The highest BCUT2D eigenvalue weighted by molar-refractivity contribution is 8.13. The number of thioether (sulfide) groups is 1. The first-order valence-corrected chi connectivity index (χ1v) is 7.81. The second-order valence-electron chi connectivity index (χ2n) is 4.23. The van der Waals surface area contributed by atoms with Crippen molar-refractivity contribution in [2.24, 2.45) is 4.99 Å². The van der Waals surface area contributed by atoms with Crippen molar-refractivity contribution in [3.05, 3.63) is 0 Å². The smallest absolute Gasteiger partial charge is 0.156 e. The van der Waals surface area contributed by atoms with Crippen LogP contribution >= 0.6 is 11.8 Å². The SMILES string of the molecule is CCS(=O)CCN=C1NC(C)(C)CCS1. The maximum Gasteiger partial charge on any atom is 0.156 e. The van der Waals surface area contributed by atoms with Crippen LogP contribution in [0.1, 0.15) is 27.2 Å². The van der Waals surface area contributed by atoms with Gasteiger partial charge in [0.05, 0.1) is 6.54 Å². The van der Waals surface area contributed by atoms with Gasteiger partial charge in [0.25, 0.3) is 0 Å². The Morgan fingerprint density at radius 3 is 2.93 bits per heavy atom. The summed E-state index contributed by atoms with van der Waals surface area (Å²) < 4.78 is 11.2. The summed E-state index contributed by atoms with van der Waals surface area (Å²) in [7, 11) is -0.695. The van der Waals surface area contributed by atoms with Crippen LogP contribution in [0.25, 0.3) is 0 Å². The Morgan fingerprint density at radius 1 is 1.60 bits per heavy atom. The number of hydrogen-bond donors (Lipinski definition) is 1. The molecule has 0 aromatic rings. The lowest BCUT2D eigenvalue weighted by molar-refractivity contribution is 0.446. The topological polar surface area (TPSA) is 41.5 Å². The highest BCUT2D eigenvalue weighted by Gasteiger charge is 2.23. The van der Waals surface area contributed by atoms with Crippen molar-refractivity contribution in [2.45, 2.75) is 32.7 Å². The molecule has 15 heavy (non-hydrogen) atoms. The highest BCUT2D eigenvalue weighted by atomic mass is 32.2. The summed E-state index contributed by atoms with van der Waals surface area (Å²) >= 11 is 1.76. The predicted molar refractivity (Wildman–Crippen MR) is 70.1 cm³/mol. The molecule has 0 aromatic heterocycles. The first kappa shape index (κ1) is 13.0. The standard InChI is InChI=1S/C10H20N2OS2/c1-4-15(13)8-6-11-9-12-10(2,3)5-7-14-9/h4-8H2,1-3H3,(H,11,12). The Balaban J connectivity index is 2.36. The van der Waals surface area contributed by atoms with E-state index in [4.69, 9.17) is 0 Å². The molecule has 1 N–H and O–H groups in total. The van der Waals surface area contributed by atoms with E-state index in [0.717, 1.165) is 23.1 Å². The zero-order chi connectivity index (χ0) is 11.3. The number of amidine groups is 1. The molecule has 1 aliphatic heterocycles. The van der Waals surface area contributed by atoms with Gasteiger partial charge in [-0.3, -0.25) is 9.20 Å². The van der Waals surface area contributed by atoms with Crippen molar-refractivity contribution >= 4 is 27.7 Å². The highest BCUT2D eigenvalue weighted by Crippen LogP contribution is 2.21. The van der Waals surface area contributed by atoms with Gasteiger partial charge < -0.3 is 5.32 Å². The number of nitrogens with one attached hydrogen (secondary N) is 1. The molecule has 1 unspecified atom stereocenters. The van der Waals surface area contributed by atoms with Gasteiger partial charge in [-0.25, -0.2) is 0 Å². The van der Waals surface area contributed by atoms with Crippen LogP contribution in [-0.2, 0) is 10.8 Å². The van der Waals surface area contributed by atoms with Crippen molar-refractivity contribution in [2.75, 3.05) is 23.8 Å². The van der Waals surface area contributed by atoms with Crippen molar-refractivity contribution in [3.63, 3.8) is 0 Å². The summed E-state index contributed by atoms with van der Waals surface area (Å²) in [5.41, 5.74) is 0.161. The molecule has 1 heterocycles. The van der Waals surface area contributed by atoms with Gasteiger partial charge in [0.1, 0.15) is 0 Å². The number of nitrogens with zero attached hydrogens (tertiary/aromatic N) is 1. The molecule has 0 amide bonds. The van der Waals surface area contributed by atoms with Crippen LogP contribution < -0.4 is 5.32 Å². The molecule has 0 bridgehead atoms. The second-order valence-corrected chi connectivity index (χ2v) is 7.18. The molecule has 1 fully saturated rings. The lowest BCUT2D eigenvalue weighted by Gasteiger charge is -2.32. The lowest BCUT2D eigenvalue weighted by Crippen LogP contribution is -2.46. The Bertz CT molecular complexity index is 264. The zero-order valence-corrected chi connectivity index (χ0v) is 11.3. The summed E-state index contributed by atoms with van der Waals surface area (Å²) in [6.07, 6.45) is 1.16. The molecule has 3 nitrogen and oxygen atoms in total. The Labute approximate surface area is 99.0 Å². The van der Waals surface area contributed by atoms with Gasteiger partial charge in [-0.2, -0.15) is 0 Å². The fourth-order valence-corrected chi connectivity index (χ4v) is 3.19. The van der Waals surface area contributed by atoms with Crippen LogP contribution in [0.4, 0.5) is 0 Å². The normalized spacial score (nSPS) is 24.9. The van der Waals surface area contributed by atoms with Crippen LogP contribution in [0.5, 0.6) is 0 Å². The summed E-state index contributed by atoms with van der Waals surface area (Å²) in [5, 5.41) is 4.41. The van der Waals surface area contributed by atoms with E-state index in [-0.39, 0.29) is 5.54 Å². The van der Waals surface area contributed by atoms with Crippen molar-refractivity contribution < 1.29 is 4.21 Å². The van der Waals surface area contributed by atoms with Crippen LogP contribution in [0.2, 0.25) is 0 Å². The van der Waals surface area contributed by atoms with Crippen molar-refractivity contribution in [1.29, 1.82) is 0 Å². The van der Waals surface area contributed by atoms with Crippen molar-refractivity contribution in [1.82, 2.24) is 5.32 Å². The molecule has 1 aliphatic rings. The maximum atomic E-state index is 11.2. The third-order valence-corrected chi connectivity index (χ3v) is 4.50. The molecule has 1 rings (SSSR count). The average molecular weight is 248 g/mol. The van der Waals surface area contributed by atoms with Gasteiger partial charge in [0.2, 0.25) is 0 Å². The molecular formula is C10H20N2OS2. The number of rotatable bonds is 4. The minimum atomic E-state index is -0.695. The molecule has 0 aliphatic carbocycles. The Morgan fingerprint density at radius 2 is 2.33 bits per heavy atom. The van der Waals surface area contributed by atoms with Crippen LogP contribution in [0.3, 0.4) is 0 Å². The molecule has 0 spiro atoms. The largest absolute Gasteiger partial charge is 0.360 e. The summed E-state index contributed by atoms with van der Waals surface area (Å²) in [6.45, 7) is 6.99. The van der Waals surface area contributed by atoms with E-state index < -0.39 is 10.8 Å². The fourth-order valence-electron chi connectivity index (χ4n) is 1.27. The maximum absolute atomic E-state index is 11.2. The first-order valence-electron chi connectivity index (χ1n) is 5.34. The van der Waals surface area contributed by atoms with Gasteiger partial charge in [-0.1, -0.05) is 18.7 Å². The van der Waals surface area contributed by atoms with Gasteiger partial charge in [-0.05, 0) is 20.3 Å². The van der Waals surface area contributed by atoms with Gasteiger partial charge in [0, 0.05) is 33.6 Å². The van der Waals surface area contributed by atoms with Gasteiger partial charge in [-0.15, -0.1) is 0 Å². The Kier molecular flexibility index (Phi) is 5.12. The van der Waals surface area contributed by atoms with Crippen molar-refractivity contribution in [3.8, 4) is 0 Å². The molecule has 5 heteroatoms. The third-order valence-electron chi connectivity index (χ3n) is 2.31. The van der Waals surface area contributed by atoms with Gasteiger partial charge in [0.15, 0.2) is 5.17 Å². The zero-order valence-electron chi connectivity index (χ0n) is 9.71. The van der Waals surface area contributed by atoms with E-state index in [0.29, 0.717) is 12.3 Å². The molecule has 0 saturated carbocycles. The number of hydrogen-bond acceptors (Lipinski definition) is 3. The summed E-state index contributed by atoms with van der Waals surface area (Å²) in [5.74, 6) is 2.54. The molecule has 0 radical (unpaired) electrons. The van der Waals surface area contributed by atoms with Crippen LogP contribution in [0.15, 0.2) is 4.99 Å². The van der Waals surface area contributed by atoms with Crippen LogP contribution in [-0.4, -0.2) is 38.7 Å². The molecular weight excluding hydrogens is 228 g/mol. The minimum Gasteiger partial charge on any atom is -0.360 e. The fraction of sp³-hybridized carbons (Fsp3) is 0.900. The summed E-state index contributed by atoms with van der Waals surface area (Å²) in [4.78, 5) is 4.44.